The van der Waals surface area contributed by atoms with Gasteiger partial charge in [-0.1, -0.05) is 17.4 Å². The standard InChI is InChI=1S/C20H17N3O5S2/c24-10(25)6-23-18(26)13-8-4-9(14(13)19(23)27)15-12(8)11(7-2-1-3-21-5-7)16-17(29-15)22-20(28)30-16/h1-3,5,8-9,11-15H,4,6H2,(H,22,28)(H,24,25)/t8-,9-,11+,12-,13+,14-,15+/m1/s1. The van der Waals surface area contributed by atoms with Crippen molar-refractivity contribution in [2.75, 3.05) is 6.54 Å². The number of rotatable bonds is 3. The minimum atomic E-state index is -1.18. The average molecular weight is 444 g/mol. The van der Waals surface area contributed by atoms with Gasteiger partial charge in [-0.05, 0) is 35.8 Å². The lowest BCUT2D eigenvalue weighted by Gasteiger charge is -2.42. The molecule has 2 aromatic rings. The Labute approximate surface area is 178 Å². The second kappa shape index (κ2) is 6.27. The molecule has 0 spiro atoms. The second-order valence-corrected chi connectivity index (χ2v) is 10.6. The molecule has 1 saturated heterocycles. The van der Waals surface area contributed by atoms with Gasteiger partial charge in [0.25, 0.3) is 0 Å². The van der Waals surface area contributed by atoms with Gasteiger partial charge in [0, 0.05) is 28.4 Å². The van der Waals surface area contributed by atoms with E-state index in [-0.39, 0.29) is 45.6 Å². The number of hydrogen-bond donors (Lipinski definition) is 2. The van der Waals surface area contributed by atoms with Gasteiger partial charge in [-0.3, -0.25) is 29.1 Å². The maximum absolute atomic E-state index is 13.1. The van der Waals surface area contributed by atoms with E-state index >= 15 is 0 Å². The molecule has 0 aromatic carbocycles. The molecule has 0 radical (unpaired) electrons. The topological polar surface area (TPSA) is 120 Å². The number of imide groups is 1. The highest BCUT2D eigenvalue weighted by Crippen LogP contribution is 2.68. The molecule has 3 fully saturated rings. The molecular formula is C20H17N3O5S2. The number of thioether (sulfide) groups is 1. The third kappa shape index (κ3) is 2.31. The van der Waals surface area contributed by atoms with Crippen molar-refractivity contribution in [3.63, 3.8) is 0 Å². The Morgan fingerprint density at radius 1 is 1.23 bits per heavy atom. The van der Waals surface area contributed by atoms with Crippen molar-refractivity contribution in [1.29, 1.82) is 0 Å². The average Bonchev–Trinajstić information content (AvgIpc) is 3.44. The molecule has 2 saturated carbocycles. The summed E-state index contributed by atoms with van der Waals surface area (Å²) in [5.41, 5.74) is 1.01. The van der Waals surface area contributed by atoms with E-state index in [0.717, 1.165) is 26.8 Å². The Hall–Kier alpha value is -2.46. The van der Waals surface area contributed by atoms with Gasteiger partial charge in [0.15, 0.2) is 0 Å². The van der Waals surface area contributed by atoms with Gasteiger partial charge in [-0.2, -0.15) is 0 Å². The minimum absolute atomic E-state index is 0.000897. The number of aromatic amines is 1. The molecule has 2 N–H and O–H groups in total. The number of carboxylic acids is 1. The van der Waals surface area contributed by atoms with Crippen LogP contribution in [0, 0.1) is 29.6 Å². The fourth-order valence-electron chi connectivity index (χ4n) is 6.30. The largest absolute Gasteiger partial charge is 0.480 e. The number of nitrogens with one attached hydrogen (secondary N) is 1. The van der Waals surface area contributed by atoms with Crippen LogP contribution in [0.1, 0.15) is 22.8 Å². The summed E-state index contributed by atoms with van der Waals surface area (Å²) >= 11 is 2.82. The predicted octanol–water partition coefficient (Wildman–Crippen LogP) is 1.39. The lowest BCUT2D eigenvalue weighted by molar-refractivity contribution is -0.149. The molecule has 2 amide bonds. The number of aromatic nitrogens is 2. The molecule has 2 bridgehead atoms. The van der Waals surface area contributed by atoms with E-state index in [1.807, 2.05) is 18.3 Å². The lowest BCUT2D eigenvalue weighted by Crippen LogP contribution is -2.42. The van der Waals surface area contributed by atoms with Crippen LogP contribution < -0.4 is 4.87 Å². The first-order valence-electron chi connectivity index (χ1n) is 9.82. The molecule has 30 heavy (non-hydrogen) atoms. The van der Waals surface area contributed by atoms with Crippen molar-refractivity contribution < 1.29 is 19.5 Å². The number of thiazole rings is 1. The number of H-pyrrole nitrogens is 1. The van der Waals surface area contributed by atoms with Crippen LogP contribution in [0.15, 0.2) is 34.3 Å². The molecule has 0 unspecified atom stereocenters. The monoisotopic (exact) mass is 443 g/mol. The first-order chi connectivity index (χ1) is 14.5. The smallest absolute Gasteiger partial charge is 0.323 e. The number of nitrogens with zero attached hydrogens (tertiary/aromatic N) is 2. The van der Waals surface area contributed by atoms with Crippen molar-refractivity contribution in [1.82, 2.24) is 14.9 Å². The third-order valence-electron chi connectivity index (χ3n) is 7.15. The molecule has 2 aliphatic heterocycles. The highest BCUT2D eigenvalue weighted by molar-refractivity contribution is 8.00. The molecule has 154 valence electrons. The molecule has 4 heterocycles. The minimum Gasteiger partial charge on any atom is -0.480 e. The zero-order valence-electron chi connectivity index (χ0n) is 15.6. The van der Waals surface area contributed by atoms with Crippen LogP contribution in [0.4, 0.5) is 0 Å². The molecule has 4 aliphatic rings. The Kier molecular flexibility index (Phi) is 3.83. The lowest BCUT2D eigenvalue weighted by atomic mass is 9.68. The van der Waals surface area contributed by atoms with Gasteiger partial charge < -0.3 is 10.1 Å². The van der Waals surface area contributed by atoms with Crippen molar-refractivity contribution in [3.05, 3.63) is 44.6 Å². The van der Waals surface area contributed by atoms with E-state index in [2.05, 4.69) is 9.97 Å². The van der Waals surface area contributed by atoms with Crippen LogP contribution in [0.3, 0.4) is 0 Å². The van der Waals surface area contributed by atoms with Crippen LogP contribution >= 0.6 is 23.1 Å². The zero-order valence-corrected chi connectivity index (χ0v) is 17.2. The molecule has 6 rings (SSSR count). The van der Waals surface area contributed by atoms with Crippen LogP contribution in [0.2, 0.25) is 0 Å². The van der Waals surface area contributed by atoms with Gasteiger partial charge in [0.1, 0.15) is 6.54 Å². The van der Waals surface area contributed by atoms with Gasteiger partial charge in [0.05, 0.1) is 16.9 Å². The quantitative estimate of drug-likeness (QED) is 0.688. The summed E-state index contributed by atoms with van der Waals surface area (Å²) in [6, 6.07) is 3.87. The number of likely N-dealkylation sites (tertiary alicyclic amines) is 1. The number of pyridine rings is 1. The van der Waals surface area contributed by atoms with Gasteiger partial charge in [0.2, 0.25) is 11.8 Å². The Balaban J connectivity index is 1.45. The molecule has 10 heteroatoms. The highest BCUT2D eigenvalue weighted by Gasteiger charge is 2.69. The molecule has 8 nitrogen and oxygen atoms in total. The Morgan fingerprint density at radius 3 is 2.70 bits per heavy atom. The zero-order chi connectivity index (χ0) is 20.7. The summed E-state index contributed by atoms with van der Waals surface area (Å²) in [5, 5.41) is 10.1. The third-order valence-corrected chi connectivity index (χ3v) is 9.74. The van der Waals surface area contributed by atoms with E-state index in [4.69, 9.17) is 5.11 Å². The number of carbonyl (C=O) groups is 3. The highest BCUT2D eigenvalue weighted by atomic mass is 32.2. The summed E-state index contributed by atoms with van der Waals surface area (Å²) in [6.45, 7) is -0.570. The summed E-state index contributed by atoms with van der Waals surface area (Å²) < 4.78 is 0. The first kappa shape index (κ1) is 18.3. The first-order valence-corrected chi connectivity index (χ1v) is 11.5. The molecule has 2 aromatic heterocycles. The fraction of sp³-hybridized carbons (Fsp3) is 0.450. The maximum atomic E-state index is 13.1. The number of carboxylic acid groups (broad SMARTS) is 1. The van der Waals surface area contributed by atoms with Gasteiger partial charge in [-0.25, -0.2) is 0 Å². The Bertz CT molecular complexity index is 1140. The van der Waals surface area contributed by atoms with E-state index in [1.54, 1.807) is 18.0 Å². The van der Waals surface area contributed by atoms with Crippen molar-refractivity contribution in [2.24, 2.45) is 29.6 Å². The normalized spacial score (nSPS) is 36.0. The SMILES string of the molecule is O=C(O)CN1C(=O)[C@@H]2[C@H]3C[C@@H]([C@@H]2C1=O)[C@@H]1[C@H](c2cccnc2)c2sc(=O)[nH]c2S[C@@H]31. The van der Waals surface area contributed by atoms with Crippen molar-refractivity contribution in [2.45, 2.75) is 22.6 Å². The number of fused-ring (bicyclic) bond motifs is 9. The van der Waals surface area contributed by atoms with Crippen LogP contribution in [-0.2, 0) is 14.4 Å². The molecule has 7 atom stereocenters. The van der Waals surface area contributed by atoms with Gasteiger partial charge in [-0.15, -0.1) is 11.8 Å². The predicted molar refractivity (Wildman–Crippen MR) is 107 cm³/mol. The summed E-state index contributed by atoms with van der Waals surface area (Å²) in [5.74, 6) is -2.74. The number of carbonyl (C=O) groups excluding carboxylic acids is 2. The van der Waals surface area contributed by atoms with Crippen molar-refractivity contribution >= 4 is 40.9 Å². The number of amides is 2. The van der Waals surface area contributed by atoms with E-state index in [1.165, 1.54) is 11.3 Å². The molecular weight excluding hydrogens is 426 g/mol. The van der Waals surface area contributed by atoms with Crippen LogP contribution in [-0.4, -0.2) is 49.6 Å². The van der Waals surface area contributed by atoms with Crippen LogP contribution in [0.5, 0.6) is 0 Å². The Morgan fingerprint density at radius 2 is 2.00 bits per heavy atom. The fourth-order valence-corrected chi connectivity index (χ4v) is 9.19. The summed E-state index contributed by atoms with van der Waals surface area (Å²) in [6.07, 6.45) is 4.30. The second-order valence-electron chi connectivity index (χ2n) is 8.40. The number of hydrogen-bond acceptors (Lipinski definition) is 7. The molecule has 2 aliphatic carbocycles. The van der Waals surface area contributed by atoms with E-state index in [9.17, 15) is 19.2 Å². The summed E-state index contributed by atoms with van der Waals surface area (Å²) in [7, 11) is 0. The van der Waals surface area contributed by atoms with Crippen molar-refractivity contribution in [3.8, 4) is 0 Å². The van der Waals surface area contributed by atoms with E-state index < -0.39 is 24.3 Å². The number of aliphatic carboxylic acids is 1. The summed E-state index contributed by atoms with van der Waals surface area (Å²) in [4.78, 5) is 58.4. The maximum Gasteiger partial charge on any atom is 0.323 e. The van der Waals surface area contributed by atoms with Crippen LogP contribution in [0.25, 0.3) is 0 Å². The van der Waals surface area contributed by atoms with E-state index in [0.29, 0.717) is 0 Å². The van der Waals surface area contributed by atoms with Gasteiger partial charge >= 0.3 is 10.8 Å².